The number of rotatable bonds is 6. The number of amides is 1. The lowest BCUT2D eigenvalue weighted by atomic mass is 9.98. The Morgan fingerprint density at radius 1 is 1.15 bits per heavy atom. The predicted octanol–water partition coefficient (Wildman–Crippen LogP) is 6.33. The second kappa shape index (κ2) is 9.54. The minimum Gasteiger partial charge on any atom is -0.272 e. The summed E-state index contributed by atoms with van der Waals surface area (Å²) in [7, 11) is 0. The van der Waals surface area contributed by atoms with E-state index in [0.29, 0.717) is 17.0 Å². The number of benzene rings is 3. The number of nitrogens with zero attached hydrogens (tertiary/aromatic N) is 4. The summed E-state index contributed by atoms with van der Waals surface area (Å²) in [5.74, 6) is -0.0347. The Kier molecular flexibility index (Phi) is 6.32. The fraction of sp³-hybridized carbons (Fsp3) is 0.125. The molecule has 1 aliphatic heterocycles. The van der Waals surface area contributed by atoms with Gasteiger partial charge < -0.3 is 0 Å². The Bertz CT molecular complexity index is 1390. The number of non-ortho nitro benzene ring substituents is 1. The van der Waals surface area contributed by atoms with Crippen molar-refractivity contribution in [3.8, 4) is 0 Å². The Morgan fingerprint density at radius 3 is 2.71 bits per heavy atom. The zero-order chi connectivity index (χ0) is 23.7. The molecule has 1 unspecified atom stereocenters. The fourth-order valence-corrected chi connectivity index (χ4v) is 5.81. The first kappa shape index (κ1) is 22.5. The largest absolute Gasteiger partial charge is 0.272 e. The molecule has 0 aliphatic carbocycles. The zero-order valence-electron chi connectivity index (χ0n) is 17.6. The van der Waals surface area contributed by atoms with Gasteiger partial charge in [0.1, 0.15) is 0 Å². The number of para-hydroxylation sites is 1. The lowest BCUT2D eigenvalue weighted by molar-refractivity contribution is -0.384. The quantitative estimate of drug-likeness (QED) is 0.172. The maximum Gasteiger partial charge on any atom is 0.269 e. The van der Waals surface area contributed by atoms with E-state index in [-0.39, 0.29) is 17.3 Å². The van der Waals surface area contributed by atoms with Gasteiger partial charge in [-0.05, 0) is 35.4 Å². The van der Waals surface area contributed by atoms with Gasteiger partial charge in [-0.2, -0.15) is 5.10 Å². The molecule has 0 N–H and O–H groups in total. The highest BCUT2D eigenvalue weighted by atomic mass is 35.5. The van der Waals surface area contributed by atoms with Crippen molar-refractivity contribution in [2.75, 3.05) is 5.75 Å². The number of aromatic nitrogens is 1. The van der Waals surface area contributed by atoms with E-state index in [2.05, 4.69) is 10.1 Å². The van der Waals surface area contributed by atoms with Gasteiger partial charge in [0.25, 0.3) is 11.6 Å². The number of carbonyl (C=O) groups excluding carboxylic acids is 1. The maximum atomic E-state index is 13.3. The summed E-state index contributed by atoms with van der Waals surface area (Å²) < 4.78 is 1.87. The molecule has 0 fully saturated rings. The van der Waals surface area contributed by atoms with Gasteiger partial charge in [-0.15, -0.1) is 11.3 Å². The summed E-state index contributed by atoms with van der Waals surface area (Å²) in [5, 5.41) is 18.0. The third-order valence-electron chi connectivity index (χ3n) is 5.40. The van der Waals surface area contributed by atoms with E-state index in [0.717, 1.165) is 25.8 Å². The van der Waals surface area contributed by atoms with E-state index < -0.39 is 11.0 Å². The van der Waals surface area contributed by atoms with Crippen LogP contribution in [-0.4, -0.2) is 32.3 Å². The SMILES string of the molecule is O=C(CSc1nc2ccccc2s1)N1N=C(c2ccc(Cl)cc2)CC1c1cccc([N+](=O)[O-])c1. The van der Waals surface area contributed by atoms with Crippen LogP contribution in [0.25, 0.3) is 10.2 Å². The van der Waals surface area contributed by atoms with Crippen LogP contribution in [0.15, 0.2) is 82.2 Å². The topological polar surface area (TPSA) is 88.7 Å². The summed E-state index contributed by atoms with van der Waals surface area (Å²) in [6, 6.07) is 21.0. The van der Waals surface area contributed by atoms with Crippen molar-refractivity contribution >= 4 is 62.2 Å². The van der Waals surface area contributed by atoms with Crippen molar-refractivity contribution in [1.29, 1.82) is 0 Å². The number of halogens is 1. The number of nitro benzene ring substituents is 1. The van der Waals surface area contributed by atoms with E-state index in [1.165, 1.54) is 28.9 Å². The van der Waals surface area contributed by atoms with Crippen molar-refractivity contribution in [2.45, 2.75) is 16.8 Å². The number of hydrazone groups is 1. The van der Waals surface area contributed by atoms with Gasteiger partial charge in [0.15, 0.2) is 4.34 Å². The summed E-state index contributed by atoms with van der Waals surface area (Å²) in [6.45, 7) is 0. The van der Waals surface area contributed by atoms with E-state index in [4.69, 9.17) is 11.6 Å². The van der Waals surface area contributed by atoms with Crippen molar-refractivity contribution in [1.82, 2.24) is 9.99 Å². The van der Waals surface area contributed by atoms with Crippen LogP contribution in [-0.2, 0) is 4.79 Å². The standard InChI is InChI=1S/C24H17ClN4O3S2/c25-17-10-8-15(9-11-17)20-13-21(16-4-3-5-18(12-16)29(31)32)28(27-20)23(30)14-33-24-26-19-6-1-2-7-22(19)34-24/h1-12,21H,13-14H2. The fourth-order valence-electron chi connectivity index (χ4n) is 3.76. The lowest BCUT2D eigenvalue weighted by Crippen LogP contribution is -2.28. The number of fused-ring (bicyclic) bond motifs is 1. The van der Waals surface area contributed by atoms with E-state index in [9.17, 15) is 14.9 Å². The number of thiazole rings is 1. The minimum atomic E-state index is -0.436. The molecule has 10 heteroatoms. The molecule has 1 atom stereocenters. The lowest BCUT2D eigenvalue weighted by Gasteiger charge is -2.21. The van der Waals surface area contributed by atoms with Gasteiger partial charge in [0.05, 0.1) is 32.6 Å². The smallest absolute Gasteiger partial charge is 0.269 e. The monoisotopic (exact) mass is 508 g/mol. The molecule has 0 bridgehead atoms. The predicted molar refractivity (Wildman–Crippen MR) is 136 cm³/mol. The van der Waals surface area contributed by atoms with Crippen LogP contribution in [0, 0.1) is 10.1 Å². The summed E-state index contributed by atoms with van der Waals surface area (Å²) in [5.41, 5.74) is 3.13. The van der Waals surface area contributed by atoms with Crippen LogP contribution in [0.5, 0.6) is 0 Å². The number of thioether (sulfide) groups is 1. The summed E-state index contributed by atoms with van der Waals surface area (Å²) in [6.07, 6.45) is 0.445. The van der Waals surface area contributed by atoms with Crippen LogP contribution < -0.4 is 0 Å². The van der Waals surface area contributed by atoms with Crippen LogP contribution in [0.3, 0.4) is 0 Å². The molecule has 5 rings (SSSR count). The number of carbonyl (C=O) groups is 1. The average molecular weight is 509 g/mol. The molecule has 34 heavy (non-hydrogen) atoms. The van der Waals surface area contributed by atoms with Crippen LogP contribution in [0.4, 0.5) is 5.69 Å². The molecule has 0 saturated carbocycles. The molecule has 2 heterocycles. The Balaban J connectivity index is 1.42. The van der Waals surface area contributed by atoms with E-state index in [1.807, 2.05) is 36.4 Å². The molecule has 1 aliphatic rings. The van der Waals surface area contributed by atoms with E-state index >= 15 is 0 Å². The molecule has 170 valence electrons. The molecule has 0 spiro atoms. The van der Waals surface area contributed by atoms with Crippen molar-refractivity contribution in [2.24, 2.45) is 5.10 Å². The van der Waals surface area contributed by atoms with Gasteiger partial charge in [0, 0.05) is 23.6 Å². The normalized spacial score (nSPS) is 15.5. The first-order chi connectivity index (χ1) is 16.5. The van der Waals surface area contributed by atoms with E-state index in [1.54, 1.807) is 35.6 Å². The number of nitro groups is 1. The second-order valence-corrected chi connectivity index (χ2v) is 10.3. The van der Waals surface area contributed by atoms with Crippen LogP contribution in [0.1, 0.15) is 23.6 Å². The zero-order valence-corrected chi connectivity index (χ0v) is 20.0. The highest BCUT2D eigenvalue weighted by Gasteiger charge is 2.33. The molecule has 1 amide bonds. The molecular formula is C24H17ClN4O3S2. The molecule has 0 saturated heterocycles. The maximum absolute atomic E-state index is 13.3. The highest BCUT2D eigenvalue weighted by Crippen LogP contribution is 2.36. The third-order valence-corrected chi connectivity index (χ3v) is 7.82. The molecule has 3 aromatic carbocycles. The second-order valence-electron chi connectivity index (χ2n) is 7.60. The highest BCUT2D eigenvalue weighted by molar-refractivity contribution is 8.01. The first-order valence-corrected chi connectivity index (χ1v) is 12.5. The van der Waals surface area contributed by atoms with Crippen molar-refractivity contribution in [3.63, 3.8) is 0 Å². The van der Waals surface area contributed by atoms with Gasteiger partial charge >= 0.3 is 0 Å². The number of hydrogen-bond acceptors (Lipinski definition) is 7. The molecule has 7 nitrogen and oxygen atoms in total. The van der Waals surface area contributed by atoms with Gasteiger partial charge in [-0.1, -0.05) is 59.8 Å². The molecular weight excluding hydrogens is 492 g/mol. The van der Waals surface area contributed by atoms with Gasteiger partial charge in [-0.25, -0.2) is 9.99 Å². The van der Waals surface area contributed by atoms with Crippen LogP contribution in [0.2, 0.25) is 5.02 Å². The Hall–Kier alpha value is -3.27. The molecule has 1 aromatic heterocycles. The average Bonchev–Trinajstić information content (AvgIpc) is 3.48. The Labute approximate surface area is 208 Å². The molecule has 0 radical (unpaired) electrons. The van der Waals surface area contributed by atoms with Gasteiger partial charge in [0.2, 0.25) is 0 Å². The Morgan fingerprint density at radius 2 is 1.94 bits per heavy atom. The van der Waals surface area contributed by atoms with Crippen molar-refractivity contribution < 1.29 is 9.72 Å². The minimum absolute atomic E-state index is 0.0197. The first-order valence-electron chi connectivity index (χ1n) is 10.4. The third kappa shape index (κ3) is 4.68. The van der Waals surface area contributed by atoms with Gasteiger partial charge in [-0.3, -0.25) is 14.9 Å². The van der Waals surface area contributed by atoms with Crippen molar-refractivity contribution in [3.05, 3.63) is 99.1 Å². The summed E-state index contributed by atoms with van der Waals surface area (Å²) in [4.78, 5) is 28.7. The summed E-state index contributed by atoms with van der Waals surface area (Å²) >= 11 is 8.93. The number of hydrogen-bond donors (Lipinski definition) is 0. The van der Waals surface area contributed by atoms with Crippen LogP contribution >= 0.6 is 34.7 Å². The molecule has 4 aromatic rings.